The van der Waals surface area contributed by atoms with Crippen molar-refractivity contribution in [2.24, 2.45) is 0 Å². The molecule has 1 saturated heterocycles. The van der Waals surface area contributed by atoms with Crippen LogP contribution in [0.1, 0.15) is 10.4 Å². The maximum absolute atomic E-state index is 11.8. The third-order valence-corrected chi connectivity index (χ3v) is 4.26. The number of carbonyl (C=O) groups excluding carboxylic acids is 2. The molecule has 0 spiro atoms. The Morgan fingerprint density at radius 2 is 2.47 bits per heavy atom. The fraction of sp³-hybridized carbons (Fsp3) is 0.333. The predicted octanol–water partition coefficient (Wildman–Crippen LogP) is 0.533. The van der Waals surface area contributed by atoms with E-state index in [1.54, 1.807) is 0 Å². The molecule has 0 radical (unpaired) electrons. The number of rotatable bonds is 3. The van der Waals surface area contributed by atoms with Gasteiger partial charge in [0, 0.05) is 16.2 Å². The third-order valence-electron chi connectivity index (χ3n) is 2.46. The van der Waals surface area contributed by atoms with Crippen LogP contribution in [0.5, 0.6) is 0 Å². The molecule has 1 fully saturated rings. The molecule has 7 heteroatoms. The molecular formula is C12H12N2O3S2. The van der Waals surface area contributed by atoms with Gasteiger partial charge in [0.15, 0.2) is 0 Å². The molecule has 0 bridgehead atoms. The van der Waals surface area contributed by atoms with Crippen molar-refractivity contribution in [2.75, 3.05) is 12.4 Å². The van der Waals surface area contributed by atoms with Gasteiger partial charge in [0.2, 0.25) is 5.91 Å². The summed E-state index contributed by atoms with van der Waals surface area (Å²) < 4.78 is 0. The van der Waals surface area contributed by atoms with E-state index < -0.39 is 6.04 Å². The van der Waals surface area contributed by atoms with Gasteiger partial charge in [-0.1, -0.05) is 23.6 Å². The van der Waals surface area contributed by atoms with Gasteiger partial charge in [-0.25, -0.2) is 0 Å². The first-order valence-electron chi connectivity index (χ1n) is 5.58. The highest BCUT2D eigenvalue weighted by molar-refractivity contribution is 8.14. The van der Waals surface area contributed by atoms with Crippen molar-refractivity contribution in [3.05, 3.63) is 21.9 Å². The molecule has 2 rings (SSSR count). The highest BCUT2D eigenvalue weighted by Gasteiger charge is 2.27. The van der Waals surface area contributed by atoms with Gasteiger partial charge >= 0.3 is 0 Å². The summed E-state index contributed by atoms with van der Waals surface area (Å²) in [5.41, 5.74) is 0.809. The number of hydrogen-bond donors (Lipinski definition) is 3. The first-order chi connectivity index (χ1) is 9.20. The minimum Gasteiger partial charge on any atom is -0.384 e. The van der Waals surface area contributed by atoms with Crippen LogP contribution in [0, 0.1) is 11.8 Å². The molecule has 1 aromatic heterocycles. The largest absolute Gasteiger partial charge is 0.384 e. The van der Waals surface area contributed by atoms with E-state index in [1.165, 1.54) is 11.3 Å². The SMILES string of the molecule is O=C1NC(C(=O)NCc2sccc2C#CCO)CS1. The lowest BCUT2D eigenvalue weighted by Crippen LogP contribution is -2.42. The monoisotopic (exact) mass is 296 g/mol. The number of carbonyl (C=O) groups is 2. The van der Waals surface area contributed by atoms with Crippen LogP contribution in [0.2, 0.25) is 0 Å². The minimum atomic E-state index is -0.454. The van der Waals surface area contributed by atoms with Crippen molar-refractivity contribution >= 4 is 34.2 Å². The number of thioether (sulfide) groups is 1. The summed E-state index contributed by atoms with van der Waals surface area (Å²) in [6.07, 6.45) is 0. The van der Waals surface area contributed by atoms with Crippen LogP contribution in [0.3, 0.4) is 0 Å². The Balaban J connectivity index is 1.90. The molecule has 5 nitrogen and oxygen atoms in total. The van der Waals surface area contributed by atoms with E-state index in [4.69, 9.17) is 5.11 Å². The fourth-order valence-electron chi connectivity index (χ4n) is 1.54. The summed E-state index contributed by atoms with van der Waals surface area (Å²) in [7, 11) is 0. The maximum atomic E-state index is 11.8. The normalized spacial score (nSPS) is 17.5. The van der Waals surface area contributed by atoms with Crippen molar-refractivity contribution in [3.8, 4) is 11.8 Å². The van der Waals surface area contributed by atoms with E-state index in [0.29, 0.717) is 12.3 Å². The zero-order chi connectivity index (χ0) is 13.7. The van der Waals surface area contributed by atoms with Gasteiger partial charge in [-0.05, 0) is 11.4 Å². The number of aliphatic hydroxyl groups excluding tert-OH is 1. The molecular weight excluding hydrogens is 284 g/mol. The van der Waals surface area contributed by atoms with Gasteiger partial charge in [-0.15, -0.1) is 11.3 Å². The minimum absolute atomic E-state index is 0.161. The van der Waals surface area contributed by atoms with Crippen LogP contribution < -0.4 is 10.6 Å². The Labute approximate surface area is 118 Å². The van der Waals surface area contributed by atoms with Crippen LogP contribution >= 0.6 is 23.1 Å². The lowest BCUT2D eigenvalue weighted by Gasteiger charge is -2.09. The first kappa shape index (κ1) is 13.9. The van der Waals surface area contributed by atoms with Crippen molar-refractivity contribution in [3.63, 3.8) is 0 Å². The molecule has 1 aromatic rings. The highest BCUT2D eigenvalue weighted by atomic mass is 32.2. The second-order valence-electron chi connectivity index (χ2n) is 3.73. The van der Waals surface area contributed by atoms with E-state index in [0.717, 1.165) is 22.2 Å². The summed E-state index contributed by atoms with van der Waals surface area (Å²) >= 11 is 2.61. The van der Waals surface area contributed by atoms with Crippen molar-refractivity contribution < 1.29 is 14.7 Å². The van der Waals surface area contributed by atoms with Crippen molar-refractivity contribution in [1.29, 1.82) is 0 Å². The number of nitrogens with one attached hydrogen (secondary N) is 2. The summed E-state index contributed by atoms with van der Waals surface area (Å²) in [5, 5.41) is 15.7. The molecule has 0 saturated carbocycles. The second-order valence-corrected chi connectivity index (χ2v) is 5.72. The van der Waals surface area contributed by atoms with Crippen LogP contribution in [0.4, 0.5) is 4.79 Å². The second kappa shape index (κ2) is 6.61. The van der Waals surface area contributed by atoms with E-state index >= 15 is 0 Å². The summed E-state index contributed by atoms with van der Waals surface area (Å²) in [6.45, 7) is 0.190. The van der Waals surface area contributed by atoms with E-state index in [2.05, 4.69) is 22.5 Å². The molecule has 1 atom stereocenters. The average molecular weight is 296 g/mol. The maximum Gasteiger partial charge on any atom is 0.279 e. The van der Waals surface area contributed by atoms with Crippen LogP contribution in [-0.4, -0.2) is 34.7 Å². The van der Waals surface area contributed by atoms with E-state index in [9.17, 15) is 9.59 Å². The Morgan fingerprint density at radius 3 is 3.16 bits per heavy atom. The standard InChI is InChI=1S/C12H12N2O3S2/c15-4-1-2-8-3-5-18-10(8)6-13-11(16)9-7-19-12(17)14-9/h3,5,9,15H,4,6-7H2,(H,13,16)(H,14,17). The van der Waals surface area contributed by atoms with Crippen LogP contribution in [0.25, 0.3) is 0 Å². The molecule has 1 unspecified atom stereocenters. The average Bonchev–Trinajstić information content (AvgIpc) is 3.02. The lowest BCUT2D eigenvalue weighted by atomic mass is 10.2. The fourth-order valence-corrected chi connectivity index (χ4v) is 3.09. The smallest absolute Gasteiger partial charge is 0.279 e. The zero-order valence-corrected chi connectivity index (χ0v) is 11.6. The third kappa shape index (κ3) is 3.73. The van der Waals surface area contributed by atoms with Crippen LogP contribution in [-0.2, 0) is 11.3 Å². The van der Waals surface area contributed by atoms with Crippen LogP contribution in [0.15, 0.2) is 11.4 Å². The number of hydrogen-bond acceptors (Lipinski definition) is 5. The van der Waals surface area contributed by atoms with Crippen molar-refractivity contribution in [2.45, 2.75) is 12.6 Å². The Hall–Kier alpha value is -1.49. The highest BCUT2D eigenvalue weighted by Crippen LogP contribution is 2.16. The molecule has 0 aromatic carbocycles. The van der Waals surface area contributed by atoms with Gasteiger partial charge in [0.05, 0.1) is 6.54 Å². The number of thiophene rings is 1. The predicted molar refractivity (Wildman–Crippen MR) is 74.9 cm³/mol. The molecule has 1 aliphatic rings. The molecule has 19 heavy (non-hydrogen) atoms. The molecule has 1 aliphatic heterocycles. The Kier molecular flexibility index (Phi) is 4.85. The zero-order valence-electron chi connectivity index (χ0n) is 9.93. The molecule has 2 heterocycles. The summed E-state index contributed by atoms with van der Waals surface area (Å²) in [6, 6.07) is 1.39. The molecule has 100 valence electrons. The summed E-state index contributed by atoms with van der Waals surface area (Å²) in [5.74, 6) is 5.68. The number of aliphatic hydroxyl groups is 1. The van der Waals surface area contributed by atoms with Gasteiger partial charge in [0.25, 0.3) is 5.24 Å². The van der Waals surface area contributed by atoms with E-state index in [-0.39, 0.29) is 17.8 Å². The Bertz CT molecular complexity index is 545. The van der Waals surface area contributed by atoms with E-state index in [1.807, 2.05) is 11.4 Å². The van der Waals surface area contributed by atoms with Gasteiger partial charge in [0.1, 0.15) is 12.6 Å². The molecule has 0 aliphatic carbocycles. The number of amides is 2. The van der Waals surface area contributed by atoms with Gasteiger partial charge < -0.3 is 15.7 Å². The molecule has 2 amide bonds. The van der Waals surface area contributed by atoms with Gasteiger partial charge in [-0.2, -0.15) is 0 Å². The molecule has 3 N–H and O–H groups in total. The van der Waals surface area contributed by atoms with Gasteiger partial charge in [-0.3, -0.25) is 9.59 Å². The summed E-state index contributed by atoms with van der Waals surface area (Å²) in [4.78, 5) is 23.7. The van der Waals surface area contributed by atoms with Crippen molar-refractivity contribution in [1.82, 2.24) is 10.6 Å². The topological polar surface area (TPSA) is 78.4 Å². The first-order valence-corrected chi connectivity index (χ1v) is 7.44. The Morgan fingerprint density at radius 1 is 1.63 bits per heavy atom. The lowest BCUT2D eigenvalue weighted by molar-refractivity contribution is -0.122. The quantitative estimate of drug-likeness (QED) is 0.711.